The number of rotatable bonds is 6. The van der Waals surface area contributed by atoms with Gasteiger partial charge in [-0.25, -0.2) is 0 Å². The van der Waals surface area contributed by atoms with E-state index in [1.165, 1.54) is 10.9 Å². The maximum absolute atomic E-state index is 12.3. The van der Waals surface area contributed by atoms with Crippen LogP contribution in [0, 0.1) is 0 Å². The second kappa shape index (κ2) is 7.69. The fraction of sp³-hybridized carbons (Fsp3) is 0.211. The molecule has 0 atom stereocenters. The van der Waals surface area contributed by atoms with E-state index in [9.17, 15) is 9.59 Å². The van der Waals surface area contributed by atoms with Gasteiger partial charge in [0.05, 0.1) is 25.9 Å². The Morgan fingerprint density at radius 2 is 1.96 bits per heavy atom. The summed E-state index contributed by atoms with van der Waals surface area (Å²) in [6.45, 7) is 0.323. The van der Waals surface area contributed by atoms with Gasteiger partial charge in [0.1, 0.15) is 18.0 Å². The summed E-state index contributed by atoms with van der Waals surface area (Å²) in [7, 11) is 3.15. The molecule has 26 heavy (non-hydrogen) atoms. The van der Waals surface area contributed by atoms with Crippen molar-refractivity contribution < 1.29 is 14.3 Å². The maximum Gasteiger partial charge on any atom is 0.242 e. The lowest BCUT2D eigenvalue weighted by Crippen LogP contribution is -2.29. The molecule has 0 radical (unpaired) electrons. The second-order valence-corrected chi connectivity index (χ2v) is 5.64. The first-order valence-electron chi connectivity index (χ1n) is 8.05. The lowest BCUT2D eigenvalue weighted by atomic mass is 10.2. The summed E-state index contributed by atoms with van der Waals surface area (Å²) in [5.74, 6) is 1.10. The molecule has 7 nitrogen and oxygen atoms in total. The highest BCUT2D eigenvalue weighted by Crippen LogP contribution is 2.24. The molecule has 2 aromatic carbocycles. The fourth-order valence-electron chi connectivity index (χ4n) is 2.67. The van der Waals surface area contributed by atoms with Crippen molar-refractivity contribution in [3.8, 4) is 11.5 Å². The second-order valence-electron chi connectivity index (χ2n) is 5.64. The number of para-hydroxylation sites is 1. The first-order valence-corrected chi connectivity index (χ1v) is 8.05. The zero-order valence-corrected chi connectivity index (χ0v) is 14.6. The third-order valence-corrected chi connectivity index (χ3v) is 4.03. The van der Waals surface area contributed by atoms with Gasteiger partial charge >= 0.3 is 0 Å². The molecule has 0 saturated heterocycles. The smallest absolute Gasteiger partial charge is 0.242 e. The molecular formula is C19H19N3O4. The number of carbonyl (C=O) groups excluding carboxylic acids is 1. The SMILES string of the molecule is COc1ccc(CNC(=O)Cn2ncc(=O)c3ccccc32)c(OC)c1. The van der Waals surface area contributed by atoms with Gasteiger partial charge in [-0.3, -0.25) is 14.3 Å². The van der Waals surface area contributed by atoms with Gasteiger partial charge in [-0.05, 0) is 24.3 Å². The van der Waals surface area contributed by atoms with Crippen molar-refractivity contribution in [3.63, 3.8) is 0 Å². The molecule has 0 aliphatic heterocycles. The normalized spacial score (nSPS) is 10.5. The Labute approximate surface area is 150 Å². The standard InChI is InChI=1S/C19H19N3O4/c1-25-14-8-7-13(18(9-14)26-2)10-20-19(24)12-22-16-6-4-3-5-15(16)17(23)11-21-22/h3-9,11H,10,12H2,1-2H3,(H,20,24). The Kier molecular flexibility index (Phi) is 5.17. The van der Waals surface area contributed by atoms with Crippen molar-refractivity contribution in [2.45, 2.75) is 13.1 Å². The van der Waals surface area contributed by atoms with E-state index in [-0.39, 0.29) is 17.9 Å². The van der Waals surface area contributed by atoms with Crippen molar-refractivity contribution in [1.82, 2.24) is 15.1 Å². The van der Waals surface area contributed by atoms with Crippen molar-refractivity contribution in [2.24, 2.45) is 0 Å². The van der Waals surface area contributed by atoms with Crippen molar-refractivity contribution in [3.05, 3.63) is 64.4 Å². The van der Waals surface area contributed by atoms with E-state index in [0.717, 1.165) is 5.56 Å². The van der Waals surface area contributed by atoms with Gasteiger partial charge < -0.3 is 14.8 Å². The van der Waals surface area contributed by atoms with Gasteiger partial charge in [0.2, 0.25) is 11.3 Å². The molecule has 0 unspecified atom stereocenters. The number of amides is 1. The minimum atomic E-state index is -0.218. The highest BCUT2D eigenvalue weighted by molar-refractivity contribution is 5.81. The van der Waals surface area contributed by atoms with Crippen LogP contribution in [0.4, 0.5) is 0 Å². The third kappa shape index (κ3) is 3.66. The molecule has 7 heteroatoms. The average molecular weight is 353 g/mol. The maximum atomic E-state index is 12.3. The summed E-state index contributed by atoms with van der Waals surface area (Å²) < 4.78 is 12.0. The van der Waals surface area contributed by atoms with Gasteiger partial charge in [0, 0.05) is 23.6 Å². The molecule has 1 heterocycles. The molecule has 1 amide bonds. The molecule has 1 aromatic heterocycles. The molecule has 3 rings (SSSR count). The molecule has 0 fully saturated rings. The Hall–Kier alpha value is -3.35. The van der Waals surface area contributed by atoms with E-state index in [2.05, 4.69) is 10.4 Å². The fourth-order valence-corrected chi connectivity index (χ4v) is 2.67. The molecule has 134 valence electrons. The molecule has 1 N–H and O–H groups in total. The van der Waals surface area contributed by atoms with E-state index in [1.807, 2.05) is 6.07 Å². The van der Waals surface area contributed by atoms with Crippen molar-refractivity contribution >= 4 is 16.8 Å². The predicted molar refractivity (Wildman–Crippen MR) is 97.4 cm³/mol. The number of benzene rings is 2. The number of nitrogens with one attached hydrogen (secondary N) is 1. The van der Waals surface area contributed by atoms with Crippen LogP contribution in [0.25, 0.3) is 10.9 Å². The lowest BCUT2D eigenvalue weighted by Gasteiger charge is -2.12. The lowest BCUT2D eigenvalue weighted by molar-refractivity contribution is -0.121. The molecule has 0 spiro atoms. The van der Waals surface area contributed by atoms with Crippen LogP contribution in [0.2, 0.25) is 0 Å². The van der Waals surface area contributed by atoms with Crippen LogP contribution in [0.3, 0.4) is 0 Å². The molecule has 0 saturated carbocycles. The van der Waals surface area contributed by atoms with E-state index in [4.69, 9.17) is 9.47 Å². The third-order valence-electron chi connectivity index (χ3n) is 4.03. The highest BCUT2D eigenvalue weighted by Gasteiger charge is 2.10. The minimum absolute atomic E-state index is 0.0132. The number of aromatic nitrogens is 2. The van der Waals surface area contributed by atoms with Gasteiger partial charge in [-0.15, -0.1) is 0 Å². The zero-order valence-electron chi connectivity index (χ0n) is 14.6. The highest BCUT2D eigenvalue weighted by atomic mass is 16.5. The topological polar surface area (TPSA) is 82.5 Å². The van der Waals surface area contributed by atoms with Crippen LogP contribution in [0.15, 0.2) is 53.5 Å². The quantitative estimate of drug-likeness (QED) is 0.730. The van der Waals surface area contributed by atoms with Gasteiger partial charge in [-0.1, -0.05) is 12.1 Å². The Bertz CT molecular complexity index is 997. The summed E-state index contributed by atoms with van der Waals surface area (Å²) in [6.07, 6.45) is 1.22. The number of ether oxygens (including phenoxy) is 2. The summed E-state index contributed by atoms with van der Waals surface area (Å²) in [5.41, 5.74) is 1.29. The summed E-state index contributed by atoms with van der Waals surface area (Å²) in [5, 5.41) is 7.43. The number of carbonyl (C=O) groups is 1. The summed E-state index contributed by atoms with van der Waals surface area (Å²) in [6, 6.07) is 12.5. The van der Waals surface area contributed by atoms with Crippen LogP contribution in [0.1, 0.15) is 5.56 Å². The number of nitrogens with zero attached hydrogens (tertiary/aromatic N) is 2. The van der Waals surface area contributed by atoms with Crippen molar-refractivity contribution in [2.75, 3.05) is 14.2 Å². The van der Waals surface area contributed by atoms with Crippen LogP contribution in [-0.2, 0) is 17.9 Å². The van der Waals surface area contributed by atoms with Crippen molar-refractivity contribution in [1.29, 1.82) is 0 Å². The molecule has 3 aromatic rings. The predicted octanol–water partition coefficient (Wildman–Crippen LogP) is 1.73. The van der Waals surface area contributed by atoms with E-state index in [1.54, 1.807) is 50.6 Å². The minimum Gasteiger partial charge on any atom is -0.497 e. The van der Waals surface area contributed by atoms with Gasteiger partial charge in [0.15, 0.2) is 0 Å². The van der Waals surface area contributed by atoms with Gasteiger partial charge in [-0.2, -0.15) is 5.10 Å². The first-order chi connectivity index (χ1) is 12.6. The van der Waals surface area contributed by atoms with Crippen LogP contribution < -0.4 is 20.2 Å². The monoisotopic (exact) mass is 353 g/mol. The number of hydrogen-bond donors (Lipinski definition) is 1. The Balaban J connectivity index is 1.73. The number of fused-ring (bicyclic) bond motifs is 1. The van der Waals surface area contributed by atoms with Crippen LogP contribution in [0.5, 0.6) is 11.5 Å². The van der Waals surface area contributed by atoms with E-state index in [0.29, 0.717) is 28.9 Å². The van der Waals surface area contributed by atoms with Crippen LogP contribution >= 0.6 is 0 Å². The largest absolute Gasteiger partial charge is 0.497 e. The molecular weight excluding hydrogens is 334 g/mol. The van der Waals surface area contributed by atoms with E-state index >= 15 is 0 Å². The first kappa shape index (κ1) is 17.5. The number of hydrogen-bond acceptors (Lipinski definition) is 5. The summed E-state index contributed by atoms with van der Waals surface area (Å²) in [4.78, 5) is 24.2. The molecule has 0 aliphatic rings. The van der Waals surface area contributed by atoms with E-state index < -0.39 is 0 Å². The van der Waals surface area contributed by atoms with Gasteiger partial charge in [0.25, 0.3) is 0 Å². The Morgan fingerprint density at radius 1 is 1.15 bits per heavy atom. The Morgan fingerprint density at radius 3 is 2.73 bits per heavy atom. The van der Waals surface area contributed by atoms with Crippen LogP contribution in [-0.4, -0.2) is 29.9 Å². The molecule has 0 bridgehead atoms. The summed E-state index contributed by atoms with van der Waals surface area (Å²) >= 11 is 0. The average Bonchev–Trinajstić information content (AvgIpc) is 2.68. The zero-order chi connectivity index (χ0) is 18.5. The molecule has 0 aliphatic carbocycles. The number of methoxy groups -OCH3 is 2.